The van der Waals surface area contributed by atoms with Crippen LogP contribution in [0.1, 0.15) is 48.9 Å². The van der Waals surface area contributed by atoms with E-state index in [1.54, 1.807) is 7.11 Å². The highest BCUT2D eigenvalue weighted by Gasteiger charge is 2.15. The average Bonchev–Trinajstić information content (AvgIpc) is 2.44. The topological polar surface area (TPSA) is 38.3 Å². The van der Waals surface area contributed by atoms with E-state index in [9.17, 15) is 4.79 Å². The third kappa shape index (κ3) is 3.57. The molecule has 1 aliphatic carbocycles. The molecule has 2 rings (SSSR count). The number of hydrogen-bond acceptors (Lipinski definition) is 2. The predicted molar refractivity (Wildman–Crippen MR) is 76.1 cm³/mol. The molecule has 0 heterocycles. The molecule has 1 unspecified atom stereocenters. The molecule has 3 nitrogen and oxygen atoms in total. The Hall–Kier alpha value is -1.35. The van der Waals surface area contributed by atoms with E-state index in [0.717, 1.165) is 6.42 Å². The maximum Gasteiger partial charge on any atom is 0.246 e. The summed E-state index contributed by atoms with van der Waals surface area (Å²) in [5.74, 6) is -0.0490. The highest BCUT2D eigenvalue weighted by Crippen LogP contribution is 2.25. The van der Waals surface area contributed by atoms with Gasteiger partial charge in [0.15, 0.2) is 0 Å². The second-order valence-corrected chi connectivity index (χ2v) is 5.20. The number of rotatable bonds is 5. The van der Waals surface area contributed by atoms with Crippen molar-refractivity contribution in [1.29, 1.82) is 0 Å². The van der Waals surface area contributed by atoms with Gasteiger partial charge in [-0.3, -0.25) is 4.79 Å². The van der Waals surface area contributed by atoms with Crippen molar-refractivity contribution < 1.29 is 9.53 Å². The molecular weight excluding hydrogens is 238 g/mol. The Morgan fingerprint density at radius 3 is 2.74 bits per heavy atom. The first-order valence-corrected chi connectivity index (χ1v) is 7.14. The number of nitrogens with one attached hydrogen (secondary N) is 1. The number of carbonyl (C=O) groups excluding carboxylic acids is 1. The van der Waals surface area contributed by atoms with Crippen LogP contribution in [0.3, 0.4) is 0 Å². The Morgan fingerprint density at radius 1 is 1.32 bits per heavy atom. The molecule has 0 aliphatic heterocycles. The molecule has 1 atom stereocenters. The van der Waals surface area contributed by atoms with Crippen LogP contribution in [0.4, 0.5) is 0 Å². The highest BCUT2D eigenvalue weighted by molar-refractivity contribution is 5.77. The summed E-state index contributed by atoms with van der Waals surface area (Å²) in [6, 6.07) is 6.76. The normalized spacial score (nSPS) is 15.7. The summed E-state index contributed by atoms with van der Waals surface area (Å²) in [5, 5.41) is 3.03. The number of carbonyl (C=O) groups is 1. The van der Waals surface area contributed by atoms with Gasteiger partial charge in [0, 0.05) is 7.11 Å². The quantitative estimate of drug-likeness (QED) is 0.885. The zero-order valence-corrected chi connectivity index (χ0v) is 11.9. The molecule has 0 fully saturated rings. The largest absolute Gasteiger partial charge is 0.375 e. The van der Waals surface area contributed by atoms with Crippen molar-refractivity contribution >= 4 is 5.91 Å². The van der Waals surface area contributed by atoms with Crippen LogP contribution in [0.2, 0.25) is 0 Å². The van der Waals surface area contributed by atoms with Crippen LogP contribution in [-0.4, -0.2) is 19.6 Å². The lowest BCUT2D eigenvalue weighted by Crippen LogP contribution is -2.31. The Bertz CT molecular complexity index is 442. The summed E-state index contributed by atoms with van der Waals surface area (Å²) in [6.45, 7) is 2.22. The van der Waals surface area contributed by atoms with Crippen LogP contribution < -0.4 is 5.32 Å². The van der Waals surface area contributed by atoms with E-state index < -0.39 is 0 Å². The average molecular weight is 261 g/mol. The number of benzene rings is 1. The number of fused-ring (bicyclic) bond motifs is 1. The molecule has 0 saturated heterocycles. The number of ether oxygens (including phenoxy) is 1. The maximum absolute atomic E-state index is 11.6. The molecule has 0 aromatic heterocycles. The van der Waals surface area contributed by atoms with Gasteiger partial charge in [-0.15, -0.1) is 0 Å². The summed E-state index contributed by atoms with van der Waals surface area (Å²) in [5.41, 5.74) is 4.16. The molecule has 0 saturated carbocycles. The van der Waals surface area contributed by atoms with Crippen molar-refractivity contribution in [3.63, 3.8) is 0 Å². The molecule has 1 aromatic rings. The van der Waals surface area contributed by atoms with E-state index in [2.05, 4.69) is 30.4 Å². The summed E-state index contributed by atoms with van der Waals surface area (Å²) < 4.78 is 4.86. The van der Waals surface area contributed by atoms with E-state index in [4.69, 9.17) is 4.74 Å². The lowest BCUT2D eigenvalue weighted by atomic mass is 9.89. The van der Waals surface area contributed by atoms with E-state index in [1.807, 2.05) is 0 Å². The first kappa shape index (κ1) is 14.1. The Balaban J connectivity index is 2.12. The van der Waals surface area contributed by atoms with Gasteiger partial charge in [0.1, 0.15) is 6.61 Å². The van der Waals surface area contributed by atoms with E-state index >= 15 is 0 Å². The van der Waals surface area contributed by atoms with Crippen molar-refractivity contribution in [3.05, 3.63) is 34.9 Å². The molecular formula is C16H23NO2. The fraction of sp³-hybridized carbons (Fsp3) is 0.562. The highest BCUT2D eigenvalue weighted by atomic mass is 16.5. The summed E-state index contributed by atoms with van der Waals surface area (Å²) in [7, 11) is 1.54. The fourth-order valence-electron chi connectivity index (χ4n) is 2.76. The lowest BCUT2D eigenvalue weighted by Gasteiger charge is -2.21. The third-order valence-corrected chi connectivity index (χ3v) is 3.79. The predicted octanol–water partition coefficient (Wildman–Crippen LogP) is 2.78. The van der Waals surface area contributed by atoms with E-state index in [-0.39, 0.29) is 18.6 Å². The van der Waals surface area contributed by atoms with E-state index in [0.29, 0.717) is 0 Å². The zero-order chi connectivity index (χ0) is 13.7. The minimum atomic E-state index is -0.0490. The molecule has 104 valence electrons. The van der Waals surface area contributed by atoms with Crippen LogP contribution in [0.15, 0.2) is 18.2 Å². The van der Waals surface area contributed by atoms with Crippen LogP contribution in [0.5, 0.6) is 0 Å². The van der Waals surface area contributed by atoms with Gasteiger partial charge in [-0.1, -0.05) is 25.1 Å². The summed E-state index contributed by atoms with van der Waals surface area (Å²) in [4.78, 5) is 11.6. The number of aryl methyl sites for hydroxylation is 2. The van der Waals surface area contributed by atoms with Crippen LogP contribution >= 0.6 is 0 Å². The van der Waals surface area contributed by atoms with Gasteiger partial charge in [-0.25, -0.2) is 0 Å². The monoisotopic (exact) mass is 261 g/mol. The maximum atomic E-state index is 11.6. The number of amides is 1. The molecule has 0 bridgehead atoms. The first-order valence-electron chi connectivity index (χ1n) is 7.14. The molecule has 1 aromatic carbocycles. The van der Waals surface area contributed by atoms with Gasteiger partial charge in [0.25, 0.3) is 0 Å². The smallest absolute Gasteiger partial charge is 0.246 e. The Labute approximate surface area is 115 Å². The van der Waals surface area contributed by atoms with Gasteiger partial charge >= 0.3 is 0 Å². The van der Waals surface area contributed by atoms with Gasteiger partial charge in [0.05, 0.1) is 6.04 Å². The Kier molecular flexibility index (Phi) is 4.97. The number of hydrogen-bond donors (Lipinski definition) is 1. The molecule has 1 amide bonds. The first-order chi connectivity index (χ1) is 9.24. The summed E-state index contributed by atoms with van der Waals surface area (Å²) in [6.07, 6.45) is 5.85. The molecule has 1 N–H and O–H groups in total. The third-order valence-electron chi connectivity index (χ3n) is 3.79. The summed E-state index contributed by atoms with van der Waals surface area (Å²) >= 11 is 0. The van der Waals surface area contributed by atoms with Gasteiger partial charge < -0.3 is 10.1 Å². The zero-order valence-electron chi connectivity index (χ0n) is 11.9. The molecule has 0 spiro atoms. The van der Waals surface area contributed by atoms with E-state index in [1.165, 1.54) is 42.4 Å². The molecule has 0 radical (unpaired) electrons. The van der Waals surface area contributed by atoms with Gasteiger partial charge in [0.2, 0.25) is 5.91 Å². The number of methoxy groups -OCH3 is 1. The Morgan fingerprint density at radius 2 is 2.05 bits per heavy atom. The van der Waals surface area contributed by atoms with Crippen molar-refractivity contribution in [2.45, 2.75) is 45.1 Å². The second kappa shape index (κ2) is 6.71. The van der Waals surface area contributed by atoms with Crippen molar-refractivity contribution in [2.75, 3.05) is 13.7 Å². The van der Waals surface area contributed by atoms with Crippen LogP contribution in [-0.2, 0) is 22.4 Å². The second-order valence-electron chi connectivity index (χ2n) is 5.20. The van der Waals surface area contributed by atoms with Crippen molar-refractivity contribution in [3.8, 4) is 0 Å². The van der Waals surface area contributed by atoms with Crippen molar-refractivity contribution in [1.82, 2.24) is 5.32 Å². The van der Waals surface area contributed by atoms with Crippen molar-refractivity contribution in [2.24, 2.45) is 0 Å². The van der Waals surface area contributed by atoms with Gasteiger partial charge in [-0.2, -0.15) is 0 Å². The lowest BCUT2D eigenvalue weighted by molar-refractivity contribution is -0.125. The molecule has 19 heavy (non-hydrogen) atoms. The molecule has 3 heteroatoms. The molecule has 1 aliphatic rings. The minimum absolute atomic E-state index is 0.0490. The van der Waals surface area contributed by atoms with Crippen LogP contribution in [0.25, 0.3) is 0 Å². The SMILES string of the molecule is CCC(NC(=O)COC)c1ccc2c(c1)CCCC2. The standard InChI is InChI=1S/C16H23NO2/c1-3-15(17-16(18)11-19-2)14-9-8-12-6-4-5-7-13(12)10-14/h8-10,15H,3-7,11H2,1-2H3,(H,17,18). The fourth-order valence-corrected chi connectivity index (χ4v) is 2.76. The minimum Gasteiger partial charge on any atom is -0.375 e. The van der Waals surface area contributed by atoms with Gasteiger partial charge in [-0.05, 0) is 48.8 Å². The van der Waals surface area contributed by atoms with Crippen LogP contribution in [0, 0.1) is 0 Å².